The minimum absolute atomic E-state index is 0.0666. The summed E-state index contributed by atoms with van der Waals surface area (Å²) in [5, 5.41) is 3.92. The topological polar surface area (TPSA) is 105 Å². The molecule has 7 heteroatoms. The molecule has 1 aromatic heterocycles. The Morgan fingerprint density at radius 2 is 2.20 bits per heavy atom. The molecule has 0 spiro atoms. The molecule has 0 atom stereocenters. The number of carbonyl (C=O) groups excluding carboxylic acids is 1. The first-order chi connectivity index (χ1) is 7.18. The van der Waals surface area contributed by atoms with Crippen molar-refractivity contribution in [1.82, 2.24) is 9.78 Å². The van der Waals surface area contributed by atoms with Crippen LogP contribution >= 0.6 is 0 Å². The van der Waals surface area contributed by atoms with Gasteiger partial charge in [0.05, 0.1) is 13.2 Å². The Bertz CT molecular complexity index is 387. The van der Waals surface area contributed by atoms with Gasteiger partial charge in [-0.05, 0) is 0 Å². The standard InChI is InChI=1S/C8H12N4O3/c9-5(13)4-12-8-6(7(10)11-12)14-2-1-3-15-8/h1-4H2,(H2,9,13)(H2,10,11). The molecule has 7 nitrogen and oxygen atoms in total. The van der Waals surface area contributed by atoms with Crippen molar-refractivity contribution in [3.05, 3.63) is 0 Å². The first-order valence-corrected chi connectivity index (χ1v) is 4.58. The molecule has 0 fully saturated rings. The van der Waals surface area contributed by atoms with Crippen LogP contribution in [0.15, 0.2) is 0 Å². The van der Waals surface area contributed by atoms with Crippen LogP contribution in [0.3, 0.4) is 0 Å². The van der Waals surface area contributed by atoms with Gasteiger partial charge in [-0.15, -0.1) is 5.10 Å². The first kappa shape index (κ1) is 9.63. The molecule has 0 aliphatic carbocycles. The lowest BCUT2D eigenvalue weighted by Crippen LogP contribution is -2.20. The molecule has 4 N–H and O–H groups in total. The van der Waals surface area contributed by atoms with E-state index in [4.69, 9.17) is 20.9 Å². The molecular formula is C8H12N4O3. The van der Waals surface area contributed by atoms with E-state index in [1.807, 2.05) is 0 Å². The zero-order chi connectivity index (χ0) is 10.8. The molecule has 82 valence electrons. The normalized spacial score (nSPS) is 14.7. The van der Waals surface area contributed by atoms with E-state index in [0.29, 0.717) is 24.8 Å². The van der Waals surface area contributed by atoms with E-state index in [0.717, 1.165) is 6.42 Å². The van der Waals surface area contributed by atoms with Gasteiger partial charge in [0.25, 0.3) is 5.88 Å². The summed E-state index contributed by atoms with van der Waals surface area (Å²) < 4.78 is 12.1. The molecule has 0 saturated carbocycles. The fraction of sp³-hybridized carbons (Fsp3) is 0.500. The largest absolute Gasteiger partial charge is 0.485 e. The Labute approximate surface area is 85.9 Å². The number of nitrogen functional groups attached to an aromatic ring is 1. The number of nitrogens with two attached hydrogens (primary N) is 2. The number of hydrogen-bond donors (Lipinski definition) is 2. The summed E-state index contributed by atoms with van der Waals surface area (Å²) in [6, 6.07) is 0. The smallest absolute Gasteiger partial charge is 0.258 e. The van der Waals surface area contributed by atoms with Crippen LogP contribution in [-0.2, 0) is 11.3 Å². The van der Waals surface area contributed by atoms with Gasteiger partial charge in [0.2, 0.25) is 11.7 Å². The molecule has 0 unspecified atom stereocenters. The van der Waals surface area contributed by atoms with Gasteiger partial charge < -0.3 is 20.9 Å². The molecule has 0 bridgehead atoms. The van der Waals surface area contributed by atoms with Crippen molar-refractivity contribution in [3.8, 4) is 11.6 Å². The highest BCUT2D eigenvalue weighted by Gasteiger charge is 2.22. The molecule has 1 aliphatic rings. The van der Waals surface area contributed by atoms with Gasteiger partial charge in [-0.2, -0.15) is 0 Å². The summed E-state index contributed by atoms with van der Waals surface area (Å²) in [5.74, 6) is 0.485. The number of aromatic nitrogens is 2. The van der Waals surface area contributed by atoms with Crippen LogP contribution in [0.5, 0.6) is 11.6 Å². The van der Waals surface area contributed by atoms with E-state index >= 15 is 0 Å². The molecule has 1 amide bonds. The van der Waals surface area contributed by atoms with Gasteiger partial charge >= 0.3 is 0 Å². The fourth-order valence-electron chi connectivity index (χ4n) is 1.38. The van der Waals surface area contributed by atoms with Crippen molar-refractivity contribution in [2.24, 2.45) is 5.73 Å². The lowest BCUT2D eigenvalue weighted by molar-refractivity contribution is -0.118. The summed E-state index contributed by atoms with van der Waals surface area (Å²) >= 11 is 0. The molecule has 1 aromatic rings. The summed E-state index contributed by atoms with van der Waals surface area (Å²) in [7, 11) is 0. The monoisotopic (exact) mass is 212 g/mol. The second-order valence-corrected chi connectivity index (χ2v) is 3.19. The van der Waals surface area contributed by atoms with Gasteiger partial charge in [-0.1, -0.05) is 0 Å². The minimum Gasteiger partial charge on any atom is -0.485 e. The molecular weight excluding hydrogens is 200 g/mol. The maximum absolute atomic E-state index is 10.8. The van der Waals surface area contributed by atoms with E-state index in [1.54, 1.807) is 0 Å². The lowest BCUT2D eigenvalue weighted by atomic mass is 10.5. The second kappa shape index (κ2) is 3.68. The highest BCUT2D eigenvalue weighted by atomic mass is 16.5. The number of fused-ring (bicyclic) bond motifs is 1. The molecule has 2 heterocycles. The Morgan fingerprint density at radius 1 is 1.47 bits per heavy atom. The van der Waals surface area contributed by atoms with Crippen LogP contribution in [0, 0.1) is 0 Å². The van der Waals surface area contributed by atoms with E-state index in [1.165, 1.54) is 4.68 Å². The number of amides is 1. The number of nitrogens with zero attached hydrogens (tertiary/aromatic N) is 2. The third-order valence-electron chi connectivity index (χ3n) is 1.97. The number of primary amides is 1. The molecule has 0 saturated heterocycles. The Hall–Kier alpha value is -1.92. The van der Waals surface area contributed by atoms with Crippen LogP contribution < -0.4 is 20.9 Å². The summed E-state index contributed by atoms with van der Waals surface area (Å²) in [5.41, 5.74) is 10.7. The number of rotatable bonds is 2. The highest BCUT2D eigenvalue weighted by molar-refractivity contribution is 5.74. The van der Waals surface area contributed by atoms with E-state index in [2.05, 4.69) is 5.10 Å². The van der Waals surface area contributed by atoms with E-state index in [-0.39, 0.29) is 12.4 Å². The average molecular weight is 212 g/mol. The van der Waals surface area contributed by atoms with Crippen molar-refractivity contribution in [2.75, 3.05) is 18.9 Å². The van der Waals surface area contributed by atoms with E-state index < -0.39 is 5.91 Å². The summed E-state index contributed by atoms with van der Waals surface area (Å²) in [6.45, 7) is 0.971. The zero-order valence-corrected chi connectivity index (χ0v) is 8.10. The Morgan fingerprint density at radius 3 is 2.93 bits per heavy atom. The van der Waals surface area contributed by atoms with Crippen LogP contribution in [0.4, 0.5) is 5.82 Å². The number of ether oxygens (including phenoxy) is 2. The van der Waals surface area contributed by atoms with Crippen molar-refractivity contribution >= 4 is 11.7 Å². The maximum Gasteiger partial charge on any atom is 0.258 e. The summed E-state index contributed by atoms with van der Waals surface area (Å²) in [6.07, 6.45) is 0.769. The maximum atomic E-state index is 10.8. The van der Waals surface area contributed by atoms with Crippen LogP contribution in [0.2, 0.25) is 0 Å². The number of carbonyl (C=O) groups is 1. The van der Waals surface area contributed by atoms with Gasteiger partial charge in [-0.25, -0.2) is 4.68 Å². The van der Waals surface area contributed by atoms with Gasteiger partial charge in [0, 0.05) is 6.42 Å². The van der Waals surface area contributed by atoms with Crippen LogP contribution in [0.25, 0.3) is 0 Å². The molecule has 0 radical (unpaired) electrons. The van der Waals surface area contributed by atoms with Crippen LogP contribution in [0.1, 0.15) is 6.42 Å². The predicted molar refractivity (Wildman–Crippen MR) is 51.4 cm³/mol. The fourth-order valence-corrected chi connectivity index (χ4v) is 1.38. The first-order valence-electron chi connectivity index (χ1n) is 4.58. The third kappa shape index (κ3) is 1.80. The summed E-state index contributed by atoms with van der Waals surface area (Å²) in [4.78, 5) is 10.8. The van der Waals surface area contributed by atoms with Crippen molar-refractivity contribution < 1.29 is 14.3 Å². The highest BCUT2D eigenvalue weighted by Crippen LogP contribution is 2.34. The third-order valence-corrected chi connectivity index (χ3v) is 1.97. The van der Waals surface area contributed by atoms with Crippen molar-refractivity contribution in [2.45, 2.75) is 13.0 Å². The van der Waals surface area contributed by atoms with Crippen molar-refractivity contribution in [1.29, 1.82) is 0 Å². The molecule has 15 heavy (non-hydrogen) atoms. The SMILES string of the molecule is NC(=O)Cn1nc(N)c2c1OCCCO2. The van der Waals surface area contributed by atoms with Crippen LogP contribution in [-0.4, -0.2) is 28.9 Å². The molecule has 2 rings (SSSR count). The van der Waals surface area contributed by atoms with Gasteiger partial charge in [0.1, 0.15) is 6.54 Å². The zero-order valence-electron chi connectivity index (χ0n) is 8.10. The average Bonchev–Trinajstić information content (AvgIpc) is 2.40. The van der Waals surface area contributed by atoms with Gasteiger partial charge in [-0.3, -0.25) is 4.79 Å². The van der Waals surface area contributed by atoms with Crippen molar-refractivity contribution in [3.63, 3.8) is 0 Å². The van der Waals surface area contributed by atoms with E-state index in [9.17, 15) is 4.79 Å². The van der Waals surface area contributed by atoms with Gasteiger partial charge in [0.15, 0.2) is 5.82 Å². The minimum atomic E-state index is -0.506. The predicted octanol–water partition coefficient (Wildman–Crippen LogP) is -0.888. The Kier molecular flexibility index (Phi) is 2.36. The quantitative estimate of drug-likeness (QED) is 0.661. The second-order valence-electron chi connectivity index (χ2n) is 3.19. The Balaban J connectivity index is 2.35. The molecule has 0 aromatic carbocycles. The lowest BCUT2D eigenvalue weighted by Gasteiger charge is -2.04. The number of anilines is 1. The molecule has 1 aliphatic heterocycles. The number of hydrogen-bond acceptors (Lipinski definition) is 5.